The fourth-order valence-electron chi connectivity index (χ4n) is 1.46. The Labute approximate surface area is 96.5 Å². The first kappa shape index (κ1) is 10.7. The Morgan fingerprint density at radius 3 is 2.62 bits per heavy atom. The summed E-state index contributed by atoms with van der Waals surface area (Å²) in [6.45, 7) is 0. The van der Waals surface area contributed by atoms with E-state index < -0.39 is 5.91 Å². The van der Waals surface area contributed by atoms with Gasteiger partial charge in [0.15, 0.2) is 0 Å². The fourth-order valence-corrected chi connectivity index (χ4v) is 1.67. The molecule has 1 aromatic rings. The Hall–Kier alpha value is -1.81. The predicted octanol–water partition coefficient (Wildman–Crippen LogP) is 1.17. The molecule has 0 fully saturated rings. The predicted molar refractivity (Wildman–Crippen MR) is 58.1 cm³/mol. The van der Waals surface area contributed by atoms with Gasteiger partial charge in [-0.2, -0.15) is 0 Å². The molecule has 0 aromatic heterocycles. The van der Waals surface area contributed by atoms with E-state index in [9.17, 15) is 14.7 Å². The molecule has 0 radical (unpaired) electrons. The van der Waals surface area contributed by atoms with E-state index in [0.29, 0.717) is 12.0 Å². The molecule has 0 atom stereocenters. The van der Waals surface area contributed by atoms with Crippen LogP contribution in [0.25, 0.3) is 0 Å². The Morgan fingerprint density at radius 1 is 1.31 bits per heavy atom. The average Bonchev–Trinajstić information content (AvgIpc) is 2.51. The van der Waals surface area contributed by atoms with Crippen LogP contribution in [0.3, 0.4) is 0 Å². The van der Waals surface area contributed by atoms with Crippen molar-refractivity contribution in [3.63, 3.8) is 0 Å². The first-order chi connectivity index (χ1) is 7.56. The van der Waals surface area contributed by atoms with Crippen LogP contribution in [0, 0.1) is 0 Å². The first-order valence-electron chi connectivity index (χ1n) is 4.59. The normalized spacial score (nSPS) is 14.9. The number of rotatable bonds is 2. The molecule has 2 amide bonds. The van der Waals surface area contributed by atoms with Crippen LogP contribution in [0.4, 0.5) is 0 Å². The van der Waals surface area contributed by atoms with Gasteiger partial charge in [0.2, 0.25) is 0 Å². The van der Waals surface area contributed by atoms with E-state index >= 15 is 0 Å². The Kier molecular flexibility index (Phi) is 2.66. The van der Waals surface area contributed by atoms with Gasteiger partial charge < -0.3 is 5.11 Å². The lowest BCUT2D eigenvalue weighted by molar-refractivity contribution is -0.123. The van der Waals surface area contributed by atoms with E-state index in [1.165, 1.54) is 12.1 Å². The molecule has 1 aliphatic rings. The van der Waals surface area contributed by atoms with Gasteiger partial charge >= 0.3 is 0 Å². The third-order valence-corrected chi connectivity index (χ3v) is 2.54. The van der Waals surface area contributed by atoms with Gasteiger partial charge in [-0.25, -0.2) is 0 Å². The maximum absolute atomic E-state index is 11.3. The number of amides is 2. The highest BCUT2D eigenvalue weighted by Gasteiger charge is 2.20. The van der Waals surface area contributed by atoms with Crippen LogP contribution in [0.1, 0.15) is 5.56 Å². The summed E-state index contributed by atoms with van der Waals surface area (Å²) < 4.78 is 0. The number of phenols is 1. The number of carbonyl (C=O) groups excluding carboxylic acids is 2. The van der Waals surface area contributed by atoms with Gasteiger partial charge in [-0.15, -0.1) is 0 Å². The zero-order valence-corrected chi connectivity index (χ0v) is 8.91. The van der Waals surface area contributed by atoms with Gasteiger partial charge in [-0.1, -0.05) is 17.7 Å². The number of benzene rings is 1. The van der Waals surface area contributed by atoms with E-state index in [1.807, 2.05) is 0 Å². The second-order valence-corrected chi connectivity index (χ2v) is 3.86. The van der Waals surface area contributed by atoms with E-state index in [1.54, 1.807) is 12.1 Å². The maximum Gasteiger partial charge on any atom is 0.254 e. The van der Waals surface area contributed by atoms with Gasteiger partial charge in [0, 0.05) is 18.1 Å². The lowest BCUT2D eigenvalue weighted by atomic mass is 10.1. The van der Waals surface area contributed by atoms with E-state index in [0.717, 1.165) is 5.56 Å². The Morgan fingerprint density at radius 2 is 2.06 bits per heavy atom. The van der Waals surface area contributed by atoms with E-state index in [2.05, 4.69) is 5.32 Å². The molecule has 2 rings (SSSR count). The second kappa shape index (κ2) is 3.98. The molecule has 0 aliphatic carbocycles. The number of carbonyl (C=O) groups is 2. The highest BCUT2D eigenvalue weighted by atomic mass is 35.5. The van der Waals surface area contributed by atoms with Crippen LogP contribution in [-0.2, 0) is 16.0 Å². The monoisotopic (exact) mass is 237 g/mol. The van der Waals surface area contributed by atoms with Crippen molar-refractivity contribution in [2.24, 2.45) is 0 Å². The molecule has 2 N–H and O–H groups in total. The largest absolute Gasteiger partial charge is 0.506 e. The quantitative estimate of drug-likeness (QED) is 0.759. The molecule has 1 heterocycles. The maximum atomic E-state index is 11.3. The van der Waals surface area contributed by atoms with Crippen molar-refractivity contribution in [2.45, 2.75) is 6.42 Å². The third-order valence-electron chi connectivity index (χ3n) is 2.24. The summed E-state index contributed by atoms with van der Waals surface area (Å²) in [4.78, 5) is 22.2. The number of halogens is 1. The molecule has 0 saturated carbocycles. The zero-order chi connectivity index (χ0) is 11.7. The van der Waals surface area contributed by atoms with Crippen LogP contribution in [0.15, 0.2) is 29.8 Å². The van der Waals surface area contributed by atoms with Crippen molar-refractivity contribution >= 4 is 23.4 Å². The molecule has 0 unspecified atom stereocenters. The van der Waals surface area contributed by atoms with Crippen molar-refractivity contribution in [2.75, 3.05) is 0 Å². The van der Waals surface area contributed by atoms with E-state index in [-0.39, 0.29) is 16.7 Å². The molecule has 82 valence electrons. The lowest BCUT2D eigenvalue weighted by Gasteiger charge is -2.02. The molecular weight excluding hydrogens is 230 g/mol. The smallest absolute Gasteiger partial charge is 0.254 e. The standard InChI is InChI=1S/C11H8ClNO3/c12-8-4-6(1-2-9(8)14)3-7-5-10(15)13-11(7)16/h1-2,4-5,14H,3H2,(H,13,15,16). The minimum atomic E-state index is -0.398. The highest BCUT2D eigenvalue weighted by Crippen LogP contribution is 2.25. The number of hydrogen-bond donors (Lipinski definition) is 2. The molecule has 0 saturated heterocycles. The zero-order valence-electron chi connectivity index (χ0n) is 8.16. The van der Waals surface area contributed by atoms with Crippen LogP contribution in [0.2, 0.25) is 5.02 Å². The molecule has 0 spiro atoms. The average molecular weight is 238 g/mol. The topological polar surface area (TPSA) is 66.4 Å². The number of aromatic hydroxyl groups is 1. The van der Waals surface area contributed by atoms with E-state index in [4.69, 9.17) is 11.6 Å². The molecule has 0 bridgehead atoms. The van der Waals surface area contributed by atoms with Gasteiger partial charge in [-0.05, 0) is 17.7 Å². The molecule has 16 heavy (non-hydrogen) atoms. The Bertz CT molecular complexity index is 508. The summed E-state index contributed by atoms with van der Waals surface area (Å²) in [6.07, 6.45) is 1.58. The van der Waals surface area contributed by atoms with Crippen molar-refractivity contribution < 1.29 is 14.7 Å². The lowest BCUT2D eigenvalue weighted by Crippen LogP contribution is -2.22. The number of nitrogens with one attached hydrogen (secondary N) is 1. The van der Waals surface area contributed by atoms with Crippen LogP contribution >= 0.6 is 11.6 Å². The summed E-state index contributed by atoms with van der Waals surface area (Å²) >= 11 is 5.73. The van der Waals surface area contributed by atoms with Crippen LogP contribution < -0.4 is 5.32 Å². The van der Waals surface area contributed by atoms with Gasteiger partial charge in [0.05, 0.1) is 5.02 Å². The molecule has 1 aliphatic heterocycles. The summed E-state index contributed by atoms with van der Waals surface area (Å²) in [7, 11) is 0. The summed E-state index contributed by atoms with van der Waals surface area (Å²) in [5.41, 5.74) is 1.16. The number of hydrogen-bond acceptors (Lipinski definition) is 3. The number of phenolic OH excluding ortho intramolecular Hbond substituents is 1. The molecule has 1 aromatic carbocycles. The van der Waals surface area contributed by atoms with Crippen LogP contribution in [0.5, 0.6) is 5.75 Å². The van der Waals surface area contributed by atoms with Crippen molar-refractivity contribution in [1.29, 1.82) is 0 Å². The van der Waals surface area contributed by atoms with Crippen molar-refractivity contribution in [3.8, 4) is 5.75 Å². The van der Waals surface area contributed by atoms with Crippen molar-refractivity contribution in [3.05, 3.63) is 40.4 Å². The summed E-state index contributed by atoms with van der Waals surface area (Å²) in [6, 6.07) is 4.67. The summed E-state index contributed by atoms with van der Waals surface area (Å²) in [5, 5.41) is 11.6. The van der Waals surface area contributed by atoms with Gasteiger partial charge in [0.25, 0.3) is 11.8 Å². The minimum Gasteiger partial charge on any atom is -0.506 e. The number of imide groups is 1. The Balaban J connectivity index is 2.21. The summed E-state index contributed by atoms with van der Waals surface area (Å²) in [5.74, 6) is -0.787. The molecular formula is C11H8ClNO3. The second-order valence-electron chi connectivity index (χ2n) is 3.45. The van der Waals surface area contributed by atoms with Crippen LogP contribution in [-0.4, -0.2) is 16.9 Å². The first-order valence-corrected chi connectivity index (χ1v) is 4.97. The molecule has 5 heteroatoms. The minimum absolute atomic E-state index is 0.00801. The van der Waals surface area contributed by atoms with Crippen molar-refractivity contribution in [1.82, 2.24) is 5.32 Å². The fraction of sp³-hybridized carbons (Fsp3) is 0.0909. The van der Waals surface area contributed by atoms with Gasteiger partial charge in [0.1, 0.15) is 5.75 Å². The highest BCUT2D eigenvalue weighted by molar-refractivity contribution is 6.32. The third kappa shape index (κ3) is 2.06. The molecule has 4 nitrogen and oxygen atoms in total. The van der Waals surface area contributed by atoms with Gasteiger partial charge in [-0.3, -0.25) is 14.9 Å². The SMILES string of the molecule is O=C1C=C(Cc2ccc(O)c(Cl)c2)C(=O)N1.